The van der Waals surface area contributed by atoms with Crippen LogP contribution in [0.5, 0.6) is 11.5 Å². The van der Waals surface area contributed by atoms with Gasteiger partial charge in [0.25, 0.3) is 0 Å². The lowest BCUT2D eigenvalue weighted by Crippen LogP contribution is -1.93. The smallest absolute Gasteiger partial charge is 0.159 e. The predicted octanol–water partition coefficient (Wildman–Crippen LogP) is 3.17. The maximum absolute atomic E-state index is 11.3. The van der Waals surface area contributed by atoms with Gasteiger partial charge in [0, 0.05) is 5.56 Å². The Hall–Kier alpha value is -2.13. The van der Waals surface area contributed by atoms with Gasteiger partial charge in [-0.3, -0.25) is 4.79 Å². The number of ether oxygens (including phenoxy) is 1. The summed E-state index contributed by atoms with van der Waals surface area (Å²) in [5.74, 6) is 1.25. The zero-order valence-electron chi connectivity index (χ0n) is 10.1. The number of hydrogen-bond donors (Lipinski definition) is 1. The highest BCUT2D eigenvalue weighted by atomic mass is 16.5. The number of Topliss-reactive ketones (excluding diaryl/α,β-unsaturated/α-hetero) is 1. The standard InChI is InChI=1S/C15H14O3/c1-11(17)13-5-3-7-15(9-13)18-14-6-2-4-12(8-14)10-16/h2-9,16H,10H2,1H3. The van der Waals surface area contributed by atoms with Gasteiger partial charge in [-0.1, -0.05) is 24.3 Å². The molecule has 1 N–H and O–H groups in total. The molecule has 0 spiro atoms. The lowest BCUT2D eigenvalue weighted by molar-refractivity contribution is 0.101. The number of hydrogen-bond acceptors (Lipinski definition) is 3. The zero-order chi connectivity index (χ0) is 13.0. The van der Waals surface area contributed by atoms with Gasteiger partial charge < -0.3 is 9.84 Å². The first-order chi connectivity index (χ1) is 8.69. The monoisotopic (exact) mass is 242 g/mol. The van der Waals surface area contributed by atoms with Crippen LogP contribution >= 0.6 is 0 Å². The Labute approximate surface area is 106 Å². The van der Waals surface area contributed by atoms with E-state index in [9.17, 15) is 4.79 Å². The number of aliphatic hydroxyl groups excluding tert-OH is 1. The van der Waals surface area contributed by atoms with E-state index in [-0.39, 0.29) is 12.4 Å². The molecule has 0 atom stereocenters. The minimum atomic E-state index is -0.0231. The molecule has 2 aromatic carbocycles. The molecule has 0 fully saturated rings. The molecular formula is C15H14O3. The lowest BCUT2D eigenvalue weighted by atomic mass is 10.1. The summed E-state index contributed by atoms with van der Waals surface area (Å²) in [5, 5.41) is 9.04. The van der Waals surface area contributed by atoms with Crippen molar-refractivity contribution in [3.63, 3.8) is 0 Å². The minimum Gasteiger partial charge on any atom is -0.457 e. The summed E-state index contributed by atoms with van der Waals surface area (Å²) in [6.07, 6.45) is 0. The van der Waals surface area contributed by atoms with Crippen LogP contribution in [0, 0.1) is 0 Å². The molecule has 0 unspecified atom stereocenters. The molecule has 0 saturated heterocycles. The van der Waals surface area contributed by atoms with E-state index in [1.807, 2.05) is 12.1 Å². The van der Waals surface area contributed by atoms with Gasteiger partial charge in [-0.05, 0) is 36.8 Å². The maximum atomic E-state index is 11.3. The summed E-state index contributed by atoms with van der Waals surface area (Å²) in [7, 11) is 0. The van der Waals surface area contributed by atoms with Crippen molar-refractivity contribution in [2.24, 2.45) is 0 Å². The molecule has 0 bridgehead atoms. The first-order valence-corrected chi connectivity index (χ1v) is 5.67. The van der Waals surface area contributed by atoms with Gasteiger partial charge in [-0.2, -0.15) is 0 Å². The number of aliphatic hydroxyl groups is 1. The van der Waals surface area contributed by atoms with Gasteiger partial charge in [0.15, 0.2) is 5.78 Å². The Morgan fingerprint density at radius 1 is 1.11 bits per heavy atom. The molecule has 0 heterocycles. The van der Waals surface area contributed by atoms with Gasteiger partial charge in [-0.15, -0.1) is 0 Å². The molecule has 0 radical (unpaired) electrons. The van der Waals surface area contributed by atoms with Crippen LogP contribution in [0.3, 0.4) is 0 Å². The molecule has 92 valence electrons. The quantitative estimate of drug-likeness (QED) is 0.837. The average molecular weight is 242 g/mol. The molecule has 0 aliphatic carbocycles. The van der Waals surface area contributed by atoms with Crippen LogP contribution in [0.2, 0.25) is 0 Å². The van der Waals surface area contributed by atoms with E-state index in [2.05, 4.69) is 0 Å². The minimum absolute atomic E-state index is 0.00422. The van der Waals surface area contributed by atoms with Crippen molar-refractivity contribution in [1.82, 2.24) is 0 Å². The maximum Gasteiger partial charge on any atom is 0.159 e. The fourth-order valence-corrected chi connectivity index (χ4v) is 1.62. The molecule has 0 aliphatic rings. The average Bonchev–Trinajstić information content (AvgIpc) is 2.39. The van der Waals surface area contributed by atoms with Crippen molar-refractivity contribution >= 4 is 5.78 Å². The van der Waals surface area contributed by atoms with E-state index >= 15 is 0 Å². The van der Waals surface area contributed by atoms with Gasteiger partial charge >= 0.3 is 0 Å². The van der Waals surface area contributed by atoms with Crippen LogP contribution in [-0.2, 0) is 6.61 Å². The van der Waals surface area contributed by atoms with Gasteiger partial charge in [0.05, 0.1) is 6.61 Å². The van der Waals surface area contributed by atoms with E-state index in [0.29, 0.717) is 17.1 Å². The fourth-order valence-electron chi connectivity index (χ4n) is 1.62. The van der Waals surface area contributed by atoms with E-state index in [4.69, 9.17) is 9.84 Å². The van der Waals surface area contributed by atoms with Crippen molar-refractivity contribution in [1.29, 1.82) is 0 Å². The number of benzene rings is 2. The SMILES string of the molecule is CC(=O)c1cccc(Oc2cccc(CO)c2)c1. The summed E-state index contributed by atoms with van der Waals surface area (Å²) >= 11 is 0. The van der Waals surface area contributed by atoms with Gasteiger partial charge in [-0.25, -0.2) is 0 Å². The molecule has 3 nitrogen and oxygen atoms in total. The Morgan fingerprint density at radius 3 is 2.44 bits per heavy atom. The summed E-state index contributed by atoms with van der Waals surface area (Å²) in [5.41, 5.74) is 1.40. The number of ketones is 1. The van der Waals surface area contributed by atoms with Crippen LogP contribution in [0.1, 0.15) is 22.8 Å². The third-order valence-corrected chi connectivity index (χ3v) is 2.56. The highest BCUT2D eigenvalue weighted by Crippen LogP contribution is 2.23. The van der Waals surface area contributed by atoms with Crippen LogP contribution in [0.4, 0.5) is 0 Å². The molecule has 3 heteroatoms. The third-order valence-electron chi connectivity index (χ3n) is 2.56. The first kappa shape index (κ1) is 12.3. The molecular weight excluding hydrogens is 228 g/mol. The number of rotatable bonds is 4. The van der Waals surface area contributed by atoms with Gasteiger partial charge in [0.1, 0.15) is 11.5 Å². The Morgan fingerprint density at radius 2 is 1.78 bits per heavy atom. The fraction of sp³-hybridized carbons (Fsp3) is 0.133. The van der Waals surface area contributed by atoms with Crippen molar-refractivity contribution < 1.29 is 14.6 Å². The summed E-state index contributed by atoms with van der Waals surface area (Å²) in [6, 6.07) is 14.2. The zero-order valence-corrected chi connectivity index (χ0v) is 10.1. The second-order valence-electron chi connectivity index (χ2n) is 3.99. The summed E-state index contributed by atoms with van der Waals surface area (Å²) < 4.78 is 5.65. The number of carbonyl (C=O) groups is 1. The first-order valence-electron chi connectivity index (χ1n) is 5.67. The van der Waals surface area contributed by atoms with E-state index in [0.717, 1.165) is 5.56 Å². The van der Waals surface area contributed by atoms with E-state index in [1.165, 1.54) is 6.92 Å². The second-order valence-corrected chi connectivity index (χ2v) is 3.99. The highest BCUT2D eigenvalue weighted by molar-refractivity contribution is 5.94. The lowest BCUT2D eigenvalue weighted by Gasteiger charge is -2.07. The van der Waals surface area contributed by atoms with Gasteiger partial charge in [0.2, 0.25) is 0 Å². The molecule has 0 aromatic heterocycles. The molecule has 2 rings (SSSR count). The molecule has 0 amide bonds. The third kappa shape index (κ3) is 2.96. The topological polar surface area (TPSA) is 46.5 Å². The van der Waals surface area contributed by atoms with Crippen LogP contribution in [0.25, 0.3) is 0 Å². The summed E-state index contributed by atoms with van der Waals surface area (Å²) in [6.45, 7) is 1.50. The van der Waals surface area contributed by atoms with E-state index < -0.39 is 0 Å². The van der Waals surface area contributed by atoms with Crippen LogP contribution < -0.4 is 4.74 Å². The Bertz CT molecular complexity index is 561. The van der Waals surface area contributed by atoms with Crippen molar-refractivity contribution in [2.45, 2.75) is 13.5 Å². The second kappa shape index (κ2) is 5.47. The Balaban J connectivity index is 2.22. The van der Waals surface area contributed by atoms with Crippen molar-refractivity contribution in [3.8, 4) is 11.5 Å². The van der Waals surface area contributed by atoms with Crippen LogP contribution in [0.15, 0.2) is 48.5 Å². The van der Waals surface area contributed by atoms with Crippen molar-refractivity contribution in [3.05, 3.63) is 59.7 Å². The molecule has 0 aliphatic heterocycles. The molecule has 2 aromatic rings. The van der Waals surface area contributed by atoms with Crippen molar-refractivity contribution in [2.75, 3.05) is 0 Å². The Kier molecular flexibility index (Phi) is 3.75. The van der Waals surface area contributed by atoms with Crippen LogP contribution in [-0.4, -0.2) is 10.9 Å². The largest absolute Gasteiger partial charge is 0.457 e. The molecule has 18 heavy (non-hydrogen) atoms. The normalized spacial score (nSPS) is 10.1. The predicted molar refractivity (Wildman–Crippen MR) is 68.9 cm³/mol. The number of carbonyl (C=O) groups excluding carboxylic acids is 1. The molecule has 0 saturated carbocycles. The van der Waals surface area contributed by atoms with E-state index in [1.54, 1.807) is 36.4 Å². The highest BCUT2D eigenvalue weighted by Gasteiger charge is 2.03. The summed E-state index contributed by atoms with van der Waals surface area (Å²) in [4.78, 5) is 11.3.